The van der Waals surface area contributed by atoms with E-state index in [-0.39, 0.29) is 63.0 Å². The monoisotopic (exact) mass is 696 g/mol. The van der Waals surface area contributed by atoms with Crippen LogP contribution in [0.15, 0.2) is 17.3 Å². The summed E-state index contributed by atoms with van der Waals surface area (Å²) in [6, 6.07) is 0. The van der Waals surface area contributed by atoms with Crippen LogP contribution in [0.2, 0.25) is 0 Å². The van der Waals surface area contributed by atoms with Gasteiger partial charge in [-0.1, -0.05) is 23.6 Å². The molecule has 0 aromatic carbocycles. The molecule has 232 valence electrons. The van der Waals surface area contributed by atoms with Gasteiger partial charge in [-0.25, -0.2) is 28.6 Å². The number of nitrogens with two attached hydrogens (primary N) is 2. The van der Waals surface area contributed by atoms with Gasteiger partial charge in [-0.05, 0) is 0 Å². The predicted molar refractivity (Wildman–Crippen MR) is 158 cm³/mol. The molecule has 1 aliphatic rings. The molecule has 24 heteroatoms. The van der Waals surface area contributed by atoms with Gasteiger partial charge in [0.2, 0.25) is 5.95 Å². The first-order valence-electron chi connectivity index (χ1n) is 12.0. The third-order valence-electron chi connectivity index (χ3n) is 5.89. The Labute approximate surface area is 256 Å². The number of aromatic nitrogens is 8. The number of ether oxygens (including phenoxy) is 2. The summed E-state index contributed by atoms with van der Waals surface area (Å²) in [4.78, 5) is 42.2. The van der Waals surface area contributed by atoms with Gasteiger partial charge in [0, 0.05) is 0 Å². The Kier molecular flexibility index (Phi) is 9.99. The van der Waals surface area contributed by atoms with Crippen LogP contribution < -0.4 is 17.0 Å². The summed E-state index contributed by atoms with van der Waals surface area (Å²) in [5, 5.41) is 4.64. The molecule has 4 aromatic heterocycles. The zero-order chi connectivity index (χ0) is 30.7. The first-order chi connectivity index (χ1) is 20.6. The standard InChI is InChI=1S/C19H23FN10O8P2S3/c20-11-8(4-35-39-41)37-17(29-6-24-12-15(29)26-18(21)27-16(12)32)13(11)38-40(33,42)36-5-10-25-14(9-3-23-19(22)43-9)28-30(10)1-2-34-7-31/h3,6-8,11,13,17,39,41H,1-2,4-5H2,(H2,22,23)(H,33,42)(H3,21,26,27,32)/t8-,11-,13-,17-,40?/m1/s1. The van der Waals surface area contributed by atoms with Crippen molar-refractivity contribution in [1.29, 1.82) is 0 Å². The van der Waals surface area contributed by atoms with E-state index in [2.05, 4.69) is 54.5 Å². The molecule has 0 aliphatic carbocycles. The second-order valence-electron chi connectivity index (χ2n) is 8.60. The highest BCUT2D eigenvalue weighted by Crippen LogP contribution is 2.57. The van der Waals surface area contributed by atoms with Crippen molar-refractivity contribution >= 4 is 79.4 Å². The number of carbonyl (C=O) groups is 1. The third kappa shape index (κ3) is 7.18. The molecule has 0 saturated carbocycles. The van der Waals surface area contributed by atoms with Gasteiger partial charge in [-0.15, -0.1) is 17.3 Å². The van der Waals surface area contributed by atoms with Gasteiger partial charge in [-0.3, -0.25) is 28.2 Å². The van der Waals surface area contributed by atoms with Crippen molar-refractivity contribution in [2.24, 2.45) is 0 Å². The molecule has 4 aromatic rings. The van der Waals surface area contributed by atoms with E-state index in [0.717, 1.165) is 11.3 Å². The average molecular weight is 697 g/mol. The molecule has 1 aliphatic heterocycles. The lowest BCUT2D eigenvalue weighted by atomic mass is 10.1. The Balaban J connectivity index is 1.38. The highest BCUT2D eigenvalue weighted by molar-refractivity contribution is 8.44. The molecule has 18 nitrogen and oxygen atoms in total. The number of nitrogens with zero attached hydrogens (tertiary/aromatic N) is 7. The molecule has 1 saturated heterocycles. The number of alkyl halides is 1. The average Bonchev–Trinajstić information content (AvgIpc) is 3.74. The van der Waals surface area contributed by atoms with Crippen molar-refractivity contribution in [2.75, 3.05) is 24.7 Å². The zero-order valence-corrected chi connectivity index (χ0v) is 26.0. The zero-order valence-electron chi connectivity index (χ0n) is 21.5. The van der Waals surface area contributed by atoms with Crippen LogP contribution in [0, 0.1) is 0 Å². The minimum absolute atomic E-state index is 0.0264. The molecule has 5 heterocycles. The molecule has 0 radical (unpaired) electrons. The Morgan fingerprint density at radius 2 is 2.14 bits per heavy atom. The number of aromatic amines is 1. The number of imidazole rings is 1. The largest absolute Gasteiger partial charge is 0.466 e. The first-order valence-corrected chi connectivity index (χ1v) is 17.7. The van der Waals surface area contributed by atoms with Crippen LogP contribution in [-0.2, 0) is 45.6 Å². The highest BCUT2D eigenvalue weighted by Gasteiger charge is 2.50. The van der Waals surface area contributed by atoms with Crippen LogP contribution in [0.1, 0.15) is 12.1 Å². The van der Waals surface area contributed by atoms with Crippen molar-refractivity contribution in [3.8, 4) is 10.7 Å². The number of hydrogen-bond acceptors (Lipinski definition) is 17. The molecule has 0 bridgehead atoms. The number of nitrogens with one attached hydrogen (secondary N) is 1. The van der Waals surface area contributed by atoms with Gasteiger partial charge in [0.1, 0.15) is 25.4 Å². The van der Waals surface area contributed by atoms with Gasteiger partial charge < -0.3 is 25.5 Å². The van der Waals surface area contributed by atoms with Crippen LogP contribution in [0.4, 0.5) is 15.5 Å². The molecular formula is C19H23FN10O8P2S3. The first kappa shape index (κ1) is 31.7. The summed E-state index contributed by atoms with van der Waals surface area (Å²) in [6.07, 6.45) is -3.34. The normalized spacial score (nSPS) is 22.0. The summed E-state index contributed by atoms with van der Waals surface area (Å²) >= 11 is 9.18. The van der Waals surface area contributed by atoms with Crippen LogP contribution >= 0.6 is 50.6 Å². The maximum Gasteiger partial charge on any atom is 0.387 e. The van der Waals surface area contributed by atoms with E-state index in [4.69, 9.17) is 34.5 Å². The number of H-pyrrole nitrogens is 1. The van der Waals surface area contributed by atoms with Crippen LogP contribution in [0.5, 0.6) is 0 Å². The van der Waals surface area contributed by atoms with Crippen molar-refractivity contribution in [1.82, 2.24) is 39.3 Å². The summed E-state index contributed by atoms with van der Waals surface area (Å²) in [7, 11) is -0.258. The molecular weight excluding hydrogens is 673 g/mol. The van der Waals surface area contributed by atoms with E-state index in [9.17, 15) is 14.2 Å². The molecule has 0 spiro atoms. The van der Waals surface area contributed by atoms with Crippen LogP contribution in [-0.4, -0.2) is 77.3 Å². The maximum atomic E-state index is 15.7. The van der Waals surface area contributed by atoms with Gasteiger partial charge in [0.25, 0.3) is 12.0 Å². The third-order valence-corrected chi connectivity index (χ3v) is 8.99. The van der Waals surface area contributed by atoms with E-state index in [0.29, 0.717) is 10.0 Å². The van der Waals surface area contributed by atoms with Gasteiger partial charge in [-0.2, -0.15) is 4.98 Å². The fourth-order valence-corrected chi connectivity index (χ4v) is 6.52. The number of nitrogen functional groups attached to an aromatic ring is 2. The smallest absolute Gasteiger partial charge is 0.387 e. The van der Waals surface area contributed by atoms with Gasteiger partial charge in [0.05, 0.1) is 38.6 Å². The Morgan fingerprint density at radius 1 is 1.33 bits per heavy atom. The summed E-state index contributed by atoms with van der Waals surface area (Å²) in [5.74, 6) is 0.184. The number of fused-ring (bicyclic) bond motifs is 1. The van der Waals surface area contributed by atoms with E-state index in [1.807, 2.05) is 0 Å². The Hall–Kier alpha value is -2.68. The Morgan fingerprint density at radius 3 is 2.86 bits per heavy atom. The van der Waals surface area contributed by atoms with Crippen molar-refractivity contribution in [3.05, 3.63) is 28.7 Å². The van der Waals surface area contributed by atoms with E-state index < -0.39 is 43.6 Å². The molecule has 6 atom stereocenters. The van der Waals surface area contributed by atoms with Gasteiger partial charge in [0.15, 0.2) is 40.3 Å². The summed E-state index contributed by atoms with van der Waals surface area (Å²) < 4.78 is 58.6. The molecule has 0 amide bonds. The lowest BCUT2D eigenvalue weighted by molar-refractivity contribution is -0.129. The Bertz CT molecular complexity index is 1700. The molecule has 5 rings (SSSR count). The highest BCUT2D eigenvalue weighted by atomic mass is 32.7. The second kappa shape index (κ2) is 13.5. The number of thiol groups is 2. The fourth-order valence-electron chi connectivity index (χ4n) is 4.08. The van der Waals surface area contributed by atoms with Crippen molar-refractivity contribution < 1.29 is 36.8 Å². The number of anilines is 2. The SMILES string of the molecule is Nc1nc2c(ncn2[C@@H]2O[C@H](COPS)[C@@H](F)[C@H]2OP(=O)(S)OCc2nc(-c3cnc(N)s3)nn2CCOC=O)c(=O)[nH]1. The number of rotatable bonds is 14. The molecule has 2 unspecified atom stereocenters. The van der Waals surface area contributed by atoms with Crippen molar-refractivity contribution in [2.45, 2.75) is 37.8 Å². The van der Waals surface area contributed by atoms with Crippen LogP contribution in [0.3, 0.4) is 0 Å². The lowest BCUT2D eigenvalue weighted by Crippen LogP contribution is -2.31. The number of hydrogen-bond donors (Lipinski definition) is 5. The van der Waals surface area contributed by atoms with Crippen molar-refractivity contribution in [3.63, 3.8) is 0 Å². The molecule has 1 fully saturated rings. The minimum atomic E-state index is -4.35. The second-order valence-corrected chi connectivity index (χ2v) is 13.6. The number of halogens is 1. The molecule has 5 N–H and O–H groups in total. The topological polar surface area (TPSA) is 240 Å². The minimum Gasteiger partial charge on any atom is -0.466 e. The number of thiazole rings is 1. The fraction of sp³-hybridized carbons (Fsp3) is 0.421. The van der Waals surface area contributed by atoms with Gasteiger partial charge >= 0.3 is 6.80 Å². The predicted octanol–water partition coefficient (Wildman–Crippen LogP) is 1.50. The van der Waals surface area contributed by atoms with E-state index >= 15 is 4.39 Å². The number of carbonyl (C=O) groups excluding carboxylic acids is 1. The lowest BCUT2D eigenvalue weighted by Gasteiger charge is -2.23. The van der Waals surface area contributed by atoms with E-state index in [1.54, 1.807) is 0 Å². The summed E-state index contributed by atoms with van der Waals surface area (Å²) in [6.45, 7) is -4.70. The van der Waals surface area contributed by atoms with E-state index in [1.165, 1.54) is 21.8 Å². The molecule has 43 heavy (non-hydrogen) atoms. The quantitative estimate of drug-likeness (QED) is 0.0543. The maximum absolute atomic E-state index is 15.7. The summed E-state index contributed by atoms with van der Waals surface area (Å²) in [5.41, 5.74) is 10.6. The van der Waals surface area contributed by atoms with Crippen LogP contribution in [0.25, 0.3) is 21.9 Å².